The molecule has 1 saturated carbocycles. The Morgan fingerprint density at radius 2 is 2.31 bits per heavy atom. The maximum Gasteiger partial charge on any atom is 0.302 e. The summed E-state index contributed by atoms with van der Waals surface area (Å²) in [6, 6.07) is 0. The van der Waals surface area contributed by atoms with Crippen LogP contribution in [0.5, 0.6) is 0 Å². The van der Waals surface area contributed by atoms with Gasteiger partial charge in [0.1, 0.15) is 6.10 Å². The smallest absolute Gasteiger partial charge is 0.302 e. The van der Waals surface area contributed by atoms with Gasteiger partial charge in [0.05, 0.1) is 0 Å². The third-order valence-electron chi connectivity index (χ3n) is 2.87. The maximum absolute atomic E-state index is 10.8. The van der Waals surface area contributed by atoms with Gasteiger partial charge in [-0.2, -0.15) is 0 Å². The number of rotatable bonds is 3. The van der Waals surface area contributed by atoms with E-state index in [1.54, 1.807) is 0 Å². The number of allylic oxidation sites excluding steroid dienone is 1. The lowest BCUT2D eigenvalue weighted by atomic mass is 9.93. The lowest BCUT2D eigenvalue weighted by molar-refractivity contribution is -0.148. The van der Waals surface area contributed by atoms with E-state index in [-0.39, 0.29) is 12.1 Å². The molecular formula is C11H18O2. The van der Waals surface area contributed by atoms with Gasteiger partial charge in [-0.1, -0.05) is 13.0 Å². The van der Waals surface area contributed by atoms with Crippen LogP contribution in [0, 0.1) is 11.8 Å². The van der Waals surface area contributed by atoms with Gasteiger partial charge in [0, 0.05) is 12.8 Å². The van der Waals surface area contributed by atoms with Gasteiger partial charge in [-0.25, -0.2) is 0 Å². The van der Waals surface area contributed by atoms with Crippen LogP contribution < -0.4 is 0 Å². The van der Waals surface area contributed by atoms with Crippen LogP contribution in [0.15, 0.2) is 12.7 Å². The molecule has 1 aliphatic rings. The van der Waals surface area contributed by atoms with Crippen LogP contribution in [0.1, 0.15) is 33.1 Å². The summed E-state index contributed by atoms with van der Waals surface area (Å²) >= 11 is 0. The Balaban J connectivity index is 2.52. The molecule has 1 aliphatic carbocycles. The maximum atomic E-state index is 10.8. The average Bonchev–Trinajstić information content (AvgIpc) is 2.35. The SMILES string of the molecule is C=CC[C@@H]1[C@@H](OC(C)=O)CC[C@@H]1C. The van der Waals surface area contributed by atoms with Gasteiger partial charge < -0.3 is 4.74 Å². The zero-order valence-electron chi connectivity index (χ0n) is 8.45. The van der Waals surface area contributed by atoms with E-state index in [9.17, 15) is 4.79 Å². The zero-order valence-corrected chi connectivity index (χ0v) is 8.45. The molecule has 0 heterocycles. The van der Waals surface area contributed by atoms with Crippen LogP contribution in [0.4, 0.5) is 0 Å². The van der Waals surface area contributed by atoms with Crippen LogP contribution in [0.25, 0.3) is 0 Å². The monoisotopic (exact) mass is 182 g/mol. The molecule has 0 radical (unpaired) electrons. The van der Waals surface area contributed by atoms with E-state index in [4.69, 9.17) is 4.74 Å². The minimum Gasteiger partial charge on any atom is -0.462 e. The van der Waals surface area contributed by atoms with E-state index in [0.717, 1.165) is 19.3 Å². The molecule has 0 amide bonds. The summed E-state index contributed by atoms with van der Waals surface area (Å²) in [5.74, 6) is 0.983. The summed E-state index contributed by atoms with van der Waals surface area (Å²) in [4.78, 5) is 10.8. The van der Waals surface area contributed by atoms with Crippen LogP contribution in [-0.4, -0.2) is 12.1 Å². The zero-order chi connectivity index (χ0) is 9.84. The number of hydrogen-bond donors (Lipinski definition) is 0. The highest BCUT2D eigenvalue weighted by molar-refractivity contribution is 5.66. The first kappa shape index (κ1) is 10.3. The molecule has 3 atom stereocenters. The predicted octanol–water partition coefficient (Wildman–Crippen LogP) is 2.54. The standard InChI is InChI=1S/C11H18O2/c1-4-5-10-8(2)6-7-11(10)13-9(3)12/h4,8,10-11H,1,5-7H2,2-3H3/t8-,10-,11-/m0/s1. The number of carbonyl (C=O) groups excluding carboxylic acids is 1. The average molecular weight is 182 g/mol. The molecule has 74 valence electrons. The molecule has 0 saturated heterocycles. The van der Waals surface area contributed by atoms with E-state index < -0.39 is 0 Å². The Labute approximate surface area is 80.0 Å². The summed E-state index contributed by atoms with van der Waals surface area (Å²) in [5.41, 5.74) is 0. The van der Waals surface area contributed by atoms with E-state index in [0.29, 0.717) is 11.8 Å². The van der Waals surface area contributed by atoms with Crippen molar-refractivity contribution < 1.29 is 9.53 Å². The van der Waals surface area contributed by atoms with Gasteiger partial charge >= 0.3 is 5.97 Å². The third-order valence-corrected chi connectivity index (χ3v) is 2.87. The molecule has 0 aromatic rings. The highest BCUT2D eigenvalue weighted by Gasteiger charge is 2.34. The van der Waals surface area contributed by atoms with Gasteiger partial charge in [-0.05, 0) is 25.2 Å². The van der Waals surface area contributed by atoms with Crippen molar-refractivity contribution in [2.45, 2.75) is 39.2 Å². The van der Waals surface area contributed by atoms with Crippen molar-refractivity contribution in [1.29, 1.82) is 0 Å². The van der Waals surface area contributed by atoms with Crippen molar-refractivity contribution in [3.8, 4) is 0 Å². The first-order valence-electron chi connectivity index (χ1n) is 4.93. The van der Waals surface area contributed by atoms with Crippen LogP contribution in [-0.2, 0) is 9.53 Å². The summed E-state index contributed by atoms with van der Waals surface area (Å²) < 4.78 is 5.26. The van der Waals surface area contributed by atoms with Crippen LogP contribution >= 0.6 is 0 Å². The Morgan fingerprint density at radius 1 is 1.62 bits per heavy atom. The second-order valence-corrected chi connectivity index (χ2v) is 3.89. The number of ether oxygens (including phenoxy) is 1. The molecule has 0 aliphatic heterocycles. The first-order chi connectivity index (χ1) is 6.15. The fourth-order valence-electron chi connectivity index (χ4n) is 2.16. The minimum atomic E-state index is -0.159. The van der Waals surface area contributed by atoms with Gasteiger partial charge in [-0.3, -0.25) is 4.79 Å². The fourth-order valence-corrected chi connectivity index (χ4v) is 2.16. The van der Waals surface area contributed by atoms with E-state index in [1.807, 2.05) is 6.08 Å². The van der Waals surface area contributed by atoms with Crippen molar-refractivity contribution >= 4 is 5.97 Å². The molecule has 0 N–H and O–H groups in total. The molecule has 0 spiro atoms. The minimum absolute atomic E-state index is 0.130. The van der Waals surface area contributed by atoms with Crippen LogP contribution in [0.2, 0.25) is 0 Å². The number of carbonyl (C=O) groups is 1. The molecule has 0 unspecified atom stereocenters. The quantitative estimate of drug-likeness (QED) is 0.495. The highest BCUT2D eigenvalue weighted by Crippen LogP contribution is 2.36. The number of esters is 1. The van der Waals surface area contributed by atoms with E-state index in [1.165, 1.54) is 6.92 Å². The molecule has 0 aromatic carbocycles. The molecule has 2 heteroatoms. The molecule has 0 aromatic heterocycles. The fraction of sp³-hybridized carbons (Fsp3) is 0.727. The Morgan fingerprint density at radius 3 is 2.85 bits per heavy atom. The van der Waals surface area contributed by atoms with Crippen molar-refractivity contribution in [3.63, 3.8) is 0 Å². The largest absolute Gasteiger partial charge is 0.462 e. The van der Waals surface area contributed by atoms with Gasteiger partial charge in [0.2, 0.25) is 0 Å². The lowest BCUT2D eigenvalue weighted by Crippen LogP contribution is -2.22. The second kappa shape index (κ2) is 4.45. The second-order valence-electron chi connectivity index (χ2n) is 3.89. The lowest BCUT2D eigenvalue weighted by Gasteiger charge is -2.20. The van der Waals surface area contributed by atoms with Crippen molar-refractivity contribution in [1.82, 2.24) is 0 Å². The Hall–Kier alpha value is -0.790. The van der Waals surface area contributed by atoms with Gasteiger partial charge in [-0.15, -0.1) is 6.58 Å². The summed E-state index contributed by atoms with van der Waals surface area (Å²) in [6.45, 7) is 7.43. The molecular weight excluding hydrogens is 164 g/mol. The summed E-state index contributed by atoms with van der Waals surface area (Å²) in [5, 5.41) is 0. The predicted molar refractivity (Wildman–Crippen MR) is 52.3 cm³/mol. The van der Waals surface area contributed by atoms with Crippen molar-refractivity contribution in [3.05, 3.63) is 12.7 Å². The Bertz CT molecular complexity index is 198. The van der Waals surface area contributed by atoms with Crippen molar-refractivity contribution in [2.75, 3.05) is 0 Å². The number of hydrogen-bond acceptors (Lipinski definition) is 2. The van der Waals surface area contributed by atoms with E-state index >= 15 is 0 Å². The first-order valence-corrected chi connectivity index (χ1v) is 4.93. The Kier molecular flexibility index (Phi) is 3.52. The van der Waals surface area contributed by atoms with E-state index in [2.05, 4.69) is 13.5 Å². The molecule has 0 bridgehead atoms. The normalized spacial score (nSPS) is 32.9. The molecule has 1 rings (SSSR count). The topological polar surface area (TPSA) is 26.3 Å². The molecule has 13 heavy (non-hydrogen) atoms. The summed E-state index contributed by atoms with van der Waals surface area (Å²) in [7, 11) is 0. The van der Waals surface area contributed by atoms with Crippen molar-refractivity contribution in [2.24, 2.45) is 11.8 Å². The molecule has 1 fully saturated rings. The van der Waals surface area contributed by atoms with Gasteiger partial charge in [0.25, 0.3) is 0 Å². The third kappa shape index (κ3) is 2.58. The summed E-state index contributed by atoms with van der Waals surface area (Å²) in [6.07, 6.45) is 5.18. The van der Waals surface area contributed by atoms with Gasteiger partial charge in [0.15, 0.2) is 0 Å². The van der Waals surface area contributed by atoms with Crippen LogP contribution in [0.3, 0.4) is 0 Å². The molecule has 2 nitrogen and oxygen atoms in total. The highest BCUT2D eigenvalue weighted by atomic mass is 16.5.